The summed E-state index contributed by atoms with van der Waals surface area (Å²) in [6.45, 7) is 13.2. The lowest BCUT2D eigenvalue weighted by Crippen LogP contribution is -2.59. The van der Waals surface area contributed by atoms with E-state index >= 15 is 0 Å². The van der Waals surface area contributed by atoms with Gasteiger partial charge in [-0.3, -0.25) is 19.2 Å². The van der Waals surface area contributed by atoms with Gasteiger partial charge in [0.15, 0.2) is 6.23 Å². The number of nitrogens with zero attached hydrogens (tertiary/aromatic N) is 1. The summed E-state index contributed by atoms with van der Waals surface area (Å²) in [6.07, 6.45) is 3.18. The van der Waals surface area contributed by atoms with Gasteiger partial charge in [-0.05, 0) is 51.9 Å². The third-order valence-electron chi connectivity index (χ3n) is 6.30. The van der Waals surface area contributed by atoms with E-state index in [9.17, 15) is 19.2 Å². The van der Waals surface area contributed by atoms with Gasteiger partial charge in [0.1, 0.15) is 6.10 Å². The molecule has 2 aliphatic rings. The minimum absolute atomic E-state index is 0.0496. The molecule has 1 saturated heterocycles. The highest BCUT2D eigenvalue weighted by Gasteiger charge is 2.47. The SMILES string of the molecule is CC(=O)OC1CC(=O)N1C(=O)C1CCC(OC(=O)C(C)(C=C(C)C)C(C)(C)C)CC1. The van der Waals surface area contributed by atoms with Crippen LogP contribution in [0.5, 0.6) is 0 Å². The number of β-lactam (4-membered cyclic amide) rings is 1. The molecule has 1 aliphatic carbocycles. The van der Waals surface area contributed by atoms with Crippen molar-refractivity contribution >= 4 is 23.8 Å². The first-order chi connectivity index (χ1) is 13.8. The summed E-state index contributed by atoms with van der Waals surface area (Å²) < 4.78 is 10.9. The minimum Gasteiger partial charge on any atom is -0.462 e. The normalized spacial score (nSPS) is 26.2. The lowest BCUT2D eigenvalue weighted by atomic mass is 9.67. The van der Waals surface area contributed by atoms with Crippen LogP contribution in [0.3, 0.4) is 0 Å². The number of hydrogen-bond donors (Lipinski definition) is 0. The van der Waals surface area contributed by atoms with E-state index in [1.807, 2.05) is 47.6 Å². The predicted molar refractivity (Wildman–Crippen MR) is 111 cm³/mol. The summed E-state index contributed by atoms with van der Waals surface area (Å²) in [7, 11) is 0. The van der Waals surface area contributed by atoms with Gasteiger partial charge in [-0.15, -0.1) is 0 Å². The van der Waals surface area contributed by atoms with E-state index in [0.29, 0.717) is 25.7 Å². The van der Waals surface area contributed by atoms with E-state index in [1.165, 1.54) is 6.92 Å². The van der Waals surface area contributed by atoms with E-state index in [-0.39, 0.29) is 41.6 Å². The van der Waals surface area contributed by atoms with E-state index in [2.05, 4.69) is 0 Å². The fraction of sp³-hybridized carbons (Fsp3) is 0.739. The molecule has 0 spiro atoms. The molecule has 0 aromatic carbocycles. The number of amides is 2. The average molecular weight is 422 g/mol. The first kappa shape index (κ1) is 24.1. The maximum Gasteiger partial charge on any atom is 0.316 e. The molecule has 1 aliphatic heterocycles. The second-order valence-electron chi connectivity index (χ2n) is 9.92. The predicted octanol–water partition coefficient (Wildman–Crippen LogP) is 3.76. The highest BCUT2D eigenvalue weighted by Crippen LogP contribution is 2.43. The molecule has 2 fully saturated rings. The van der Waals surface area contributed by atoms with Gasteiger partial charge >= 0.3 is 11.9 Å². The van der Waals surface area contributed by atoms with Crippen molar-refractivity contribution in [1.82, 2.24) is 4.90 Å². The molecule has 1 saturated carbocycles. The van der Waals surface area contributed by atoms with E-state index in [4.69, 9.17) is 9.47 Å². The van der Waals surface area contributed by atoms with Gasteiger partial charge in [0, 0.05) is 12.8 Å². The van der Waals surface area contributed by atoms with Crippen LogP contribution in [0.15, 0.2) is 11.6 Å². The molecular formula is C23H35NO6. The lowest BCUT2D eigenvalue weighted by molar-refractivity contribution is -0.188. The molecule has 1 heterocycles. The van der Waals surface area contributed by atoms with Crippen molar-refractivity contribution in [1.29, 1.82) is 0 Å². The number of esters is 2. The molecule has 0 aromatic heterocycles. The maximum atomic E-state index is 13.0. The third kappa shape index (κ3) is 5.10. The van der Waals surface area contributed by atoms with Crippen LogP contribution >= 0.6 is 0 Å². The molecule has 30 heavy (non-hydrogen) atoms. The van der Waals surface area contributed by atoms with Gasteiger partial charge in [0.05, 0.1) is 11.8 Å². The quantitative estimate of drug-likeness (QED) is 0.291. The lowest BCUT2D eigenvalue weighted by Gasteiger charge is -2.41. The van der Waals surface area contributed by atoms with Crippen LogP contribution in [0.4, 0.5) is 0 Å². The molecule has 0 bridgehead atoms. The highest BCUT2D eigenvalue weighted by atomic mass is 16.6. The zero-order chi connectivity index (χ0) is 22.9. The molecule has 7 heteroatoms. The second-order valence-corrected chi connectivity index (χ2v) is 9.92. The monoisotopic (exact) mass is 421 g/mol. The first-order valence-electron chi connectivity index (χ1n) is 10.7. The Balaban J connectivity index is 1.96. The molecule has 0 radical (unpaired) electrons. The summed E-state index contributed by atoms with van der Waals surface area (Å²) in [6, 6.07) is 0. The second kappa shape index (κ2) is 8.90. The Kier molecular flexibility index (Phi) is 7.15. The van der Waals surface area contributed by atoms with Crippen molar-refractivity contribution in [2.24, 2.45) is 16.7 Å². The molecule has 2 amide bonds. The zero-order valence-electron chi connectivity index (χ0n) is 19.2. The molecular weight excluding hydrogens is 386 g/mol. The Bertz CT molecular complexity index is 737. The van der Waals surface area contributed by atoms with Gasteiger partial charge < -0.3 is 9.47 Å². The number of carbonyl (C=O) groups excluding carboxylic acids is 4. The number of rotatable bonds is 5. The van der Waals surface area contributed by atoms with Gasteiger partial charge in [0.2, 0.25) is 11.8 Å². The van der Waals surface area contributed by atoms with Crippen LogP contribution in [-0.4, -0.2) is 41.0 Å². The van der Waals surface area contributed by atoms with Crippen molar-refractivity contribution in [3.8, 4) is 0 Å². The molecule has 2 unspecified atom stereocenters. The summed E-state index contributed by atoms with van der Waals surface area (Å²) >= 11 is 0. The fourth-order valence-corrected chi connectivity index (χ4v) is 4.00. The Morgan fingerprint density at radius 2 is 1.53 bits per heavy atom. The van der Waals surface area contributed by atoms with Crippen molar-refractivity contribution in [3.63, 3.8) is 0 Å². The smallest absolute Gasteiger partial charge is 0.316 e. The Morgan fingerprint density at radius 3 is 1.97 bits per heavy atom. The van der Waals surface area contributed by atoms with Crippen LogP contribution in [0.25, 0.3) is 0 Å². The van der Waals surface area contributed by atoms with Crippen LogP contribution in [0.2, 0.25) is 0 Å². The zero-order valence-corrected chi connectivity index (χ0v) is 19.2. The average Bonchev–Trinajstić information content (AvgIpc) is 2.59. The summed E-state index contributed by atoms with van der Waals surface area (Å²) in [5.74, 6) is -1.71. The van der Waals surface area contributed by atoms with Crippen LogP contribution in [0.1, 0.15) is 80.6 Å². The number of likely N-dealkylation sites (tertiary alicyclic amines) is 1. The van der Waals surface area contributed by atoms with Gasteiger partial charge in [-0.1, -0.05) is 32.4 Å². The van der Waals surface area contributed by atoms with Crippen molar-refractivity contribution in [2.45, 2.75) is 92.9 Å². The Hall–Kier alpha value is -2.18. The number of hydrogen-bond acceptors (Lipinski definition) is 6. The standard InChI is InChI=1S/C23H35NO6/c1-14(2)13-23(7,22(4,5)6)21(28)30-17-10-8-16(9-11-17)20(27)24-18(26)12-19(24)29-15(3)25/h13,16-17,19H,8-12H2,1-7H3. The highest BCUT2D eigenvalue weighted by molar-refractivity contribution is 6.01. The Labute approximate surface area is 179 Å². The van der Waals surface area contributed by atoms with Gasteiger partial charge in [-0.25, -0.2) is 4.90 Å². The number of allylic oxidation sites excluding steroid dienone is 1. The number of imide groups is 1. The topological polar surface area (TPSA) is 90.0 Å². The van der Waals surface area contributed by atoms with Crippen LogP contribution < -0.4 is 0 Å². The van der Waals surface area contributed by atoms with E-state index < -0.39 is 17.6 Å². The maximum absolute atomic E-state index is 13.0. The van der Waals surface area contributed by atoms with E-state index in [1.54, 1.807) is 0 Å². The summed E-state index contributed by atoms with van der Waals surface area (Å²) in [5, 5.41) is 0. The molecule has 0 N–H and O–H groups in total. The third-order valence-corrected chi connectivity index (χ3v) is 6.30. The Morgan fingerprint density at radius 1 is 0.967 bits per heavy atom. The van der Waals surface area contributed by atoms with Crippen molar-refractivity contribution in [2.75, 3.05) is 0 Å². The molecule has 0 aromatic rings. The molecule has 168 valence electrons. The van der Waals surface area contributed by atoms with Gasteiger partial charge in [0.25, 0.3) is 0 Å². The van der Waals surface area contributed by atoms with Crippen molar-refractivity contribution < 1.29 is 28.7 Å². The van der Waals surface area contributed by atoms with Crippen LogP contribution in [0, 0.1) is 16.7 Å². The molecule has 7 nitrogen and oxygen atoms in total. The fourth-order valence-electron chi connectivity index (χ4n) is 4.00. The van der Waals surface area contributed by atoms with E-state index in [0.717, 1.165) is 10.5 Å². The van der Waals surface area contributed by atoms with Gasteiger partial charge in [-0.2, -0.15) is 0 Å². The first-order valence-corrected chi connectivity index (χ1v) is 10.7. The van der Waals surface area contributed by atoms with Crippen LogP contribution in [-0.2, 0) is 28.7 Å². The number of ether oxygens (including phenoxy) is 2. The summed E-state index contributed by atoms with van der Waals surface area (Å²) in [5.41, 5.74) is -0.00186. The molecule has 2 atom stereocenters. The number of carbonyl (C=O) groups is 4. The minimum atomic E-state index is -0.783. The molecule has 2 rings (SSSR count). The largest absolute Gasteiger partial charge is 0.462 e. The summed E-state index contributed by atoms with van der Waals surface area (Å²) in [4.78, 5) is 49.8. The van der Waals surface area contributed by atoms with Crippen molar-refractivity contribution in [3.05, 3.63) is 11.6 Å².